The van der Waals surface area contributed by atoms with Crippen molar-refractivity contribution in [2.45, 2.75) is 24.0 Å². The summed E-state index contributed by atoms with van der Waals surface area (Å²) in [6.45, 7) is 4.84. The van der Waals surface area contributed by atoms with E-state index >= 15 is 0 Å². The summed E-state index contributed by atoms with van der Waals surface area (Å²) >= 11 is 1.51. The van der Waals surface area contributed by atoms with Gasteiger partial charge in [0.1, 0.15) is 16.7 Å². The van der Waals surface area contributed by atoms with Crippen LogP contribution in [0.15, 0.2) is 28.4 Å². The van der Waals surface area contributed by atoms with E-state index in [-0.39, 0.29) is 0 Å². The van der Waals surface area contributed by atoms with Crippen molar-refractivity contribution in [3.05, 3.63) is 24.0 Å². The maximum atomic E-state index is 4.48. The van der Waals surface area contributed by atoms with Crippen molar-refractivity contribution in [3.63, 3.8) is 0 Å². The molecule has 1 N–H and O–H groups in total. The second-order valence-corrected chi connectivity index (χ2v) is 4.57. The molecule has 0 spiro atoms. The molecule has 0 amide bonds. The molecule has 0 aromatic carbocycles. The smallest absolute Gasteiger partial charge is 0.197 e. The van der Waals surface area contributed by atoms with Crippen molar-refractivity contribution in [2.24, 2.45) is 7.05 Å². The Hall–Kier alpha value is -1.56. The molecule has 0 saturated heterocycles. The van der Waals surface area contributed by atoms with E-state index in [4.69, 9.17) is 0 Å². The molecule has 0 aliphatic heterocycles. The van der Waals surface area contributed by atoms with Gasteiger partial charge in [0, 0.05) is 13.6 Å². The molecule has 2 aromatic heterocycles. The SMILES string of the molecule is CCNc1cccc(Sc2nnc(C)n2C)n1. The standard InChI is InChI=1S/C11H15N5S/c1-4-12-9-6-5-7-10(13-9)17-11-15-14-8(2)16(11)3/h5-7H,4H2,1-3H3,(H,12,13). The van der Waals surface area contributed by atoms with Crippen LogP contribution in [-0.4, -0.2) is 26.3 Å². The molecule has 17 heavy (non-hydrogen) atoms. The van der Waals surface area contributed by atoms with E-state index in [0.29, 0.717) is 0 Å². The number of aryl methyl sites for hydroxylation is 1. The summed E-state index contributed by atoms with van der Waals surface area (Å²) in [4.78, 5) is 4.48. The third-order valence-corrected chi connectivity index (χ3v) is 3.30. The Morgan fingerprint density at radius 2 is 2.18 bits per heavy atom. The molecule has 2 rings (SSSR count). The largest absolute Gasteiger partial charge is 0.370 e. The zero-order valence-corrected chi connectivity index (χ0v) is 11.0. The highest BCUT2D eigenvalue weighted by Crippen LogP contribution is 2.24. The Balaban J connectivity index is 2.18. The first-order valence-corrected chi connectivity index (χ1v) is 6.27. The van der Waals surface area contributed by atoms with E-state index in [1.807, 2.05) is 43.7 Å². The summed E-state index contributed by atoms with van der Waals surface area (Å²) in [5, 5.41) is 13.1. The Morgan fingerprint density at radius 3 is 2.82 bits per heavy atom. The topological polar surface area (TPSA) is 55.6 Å². The van der Waals surface area contributed by atoms with Gasteiger partial charge in [0.15, 0.2) is 5.16 Å². The summed E-state index contributed by atoms with van der Waals surface area (Å²) in [6.07, 6.45) is 0. The highest BCUT2D eigenvalue weighted by atomic mass is 32.2. The molecule has 2 heterocycles. The van der Waals surface area contributed by atoms with Crippen molar-refractivity contribution in [1.29, 1.82) is 0 Å². The van der Waals surface area contributed by atoms with E-state index in [2.05, 4.69) is 20.5 Å². The van der Waals surface area contributed by atoms with Gasteiger partial charge in [-0.25, -0.2) is 4.98 Å². The zero-order valence-electron chi connectivity index (χ0n) is 10.1. The fourth-order valence-corrected chi connectivity index (χ4v) is 2.15. The first-order valence-electron chi connectivity index (χ1n) is 5.45. The average molecular weight is 249 g/mol. The number of nitrogens with zero attached hydrogens (tertiary/aromatic N) is 4. The minimum Gasteiger partial charge on any atom is -0.370 e. The highest BCUT2D eigenvalue weighted by Gasteiger charge is 2.07. The lowest BCUT2D eigenvalue weighted by molar-refractivity contribution is 0.764. The first-order chi connectivity index (χ1) is 8.20. The minimum absolute atomic E-state index is 0.851. The number of hydrogen-bond acceptors (Lipinski definition) is 5. The van der Waals surface area contributed by atoms with Crippen molar-refractivity contribution in [3.8, 4) is 0 Å². The van der Waals surface area contributed by atoms with Gasteiger partial charge >= 0.3 is 0 Å². The van der Waals surface area contributed by atoms with Crippen molar-refractivity contribution in [1.82, 2.24) is 19.7 Å². The van der Waals surface area contributed by atoms with Crippen molar-refractivity contribution < 1.29 is 0 Å². The Bertz CT molecular complexity index is 508. The van der Waals surface area contributed by atoms with Gasteiger partial charge in [0.25, 0.3) is 0 Å². The average Bonchev–Trinajstić information content (AvgIpc) is 2.62. The molecule has 0 saturated carbocycles. The second kappa shape index (κ2) is 5.18. The normalized spacial score (nSPS) is 10.5. The number of anilines is 1. The van der Waals surface area contributed by atoms with Gasteiger partial charge in [-0.05, 0) is 37.7 Å². The molecule has 0 unspecified atom stereocenters. The number of aromatic nitrogens is 4. The Morgan fingerprint density at radius 1 is 1.35 bits per heavy atom. The Labute approximate surface area is 105 Å². The number of pyridine rings is 1. The molecule has 5 nitrogen and oxygen atoms in total. The van der Waals surface area contributed by atoms with Gasteiger partial charge in [-0.15, -0.1) is 10.2 Å². The highest BCUT2D eigenvalue weighted by molar-refractivity contribution is 7.99. The first kappa shape index (κ1) is 11.9. The lowest BCUT2D eigenvalue weighted by Gasteiger charge is -2.04. The fraction of sp³-hybridized carbons (Fsp3) is 0.364. The van der Waals surface area contributed by atoms with Crippen LogP contribution in [0.25, 0.3) is 0 Å². The van der Waals surface area contributed by atoms with E-state index in [0.717, 1.165) is 28.4 Å². The Kier molecular flexibility index (Phi) is 3.63. The van der Waals surface area contributed by atoms with Gasteiger partial charge in [-0.1, -0.05) is 6.07 Å². The van der Waals surface area contributed by atoms with E-state index < -0.39 is 0 Å². The maximum Gasteiger partial charge on any atom is 0.197 e. The van der Waals surface area contributed by atoms with E-state index in [9.17, 15) is 0 Å². The van der Waals surface area contributed by atoms with Gasteiger partial charge < -0.3 is 9.88 Å². The van der Waals surface area contributed by atoms with Crippen LogP contribution in [0, 0.1) is 6.92 Å². The molecule has 0 aliphatic rings. The summed E-state index contributed by atoms with van der Waals surface area (Å²) < 4.78 is 1.95. The molecule has 0 atom stereocenters. The van der Waals surface area contributed by atoms with Gasteiger partial charge in [-0.2, -0.15) is 0 Å². The van der Waals surface area contributed by atoms with Crippen molar-refractivity contribution in [2.75, 3.05) is 11.9 Å². The molecular weight excluding hydrogens is 234 g/mol. The molecule has 90 valence electrons. The predicted molar refractivity (Wildman–Crippen MR) is 68.3 cm³/mol. The lowest BCUT2D eigenvalue weighted by Crippen LogP contribution is -1.99. The van der Waals surface area contributed by atoms with Crippen LogP contribution in [0.4, 0.5) is 5.82 Å². The number of rotatable bonds is 4. The second-order valence-electron chi connectivity index (χ2n) is 3.58. The van der Waals surface area contributed by atoms with E-state index in [1.165, 1.54) is 11.8 Å². The van der Waals surface area contributed by atoms with Crippen LogP contribution < -0.4 is 5.32 Å². The monoisotopic (exact) mass is 249 g/mol. The van der Waals surface area contributed by atoms with Gasteiger partial charge in [0.2, 0.25) is 0 Å². The minimum atomic E-state index is 0.851. The molecule has 0 radical (unpaired) electrons. The molecule has 6 heteroatoms. The third kappa shape index (κ3) is 2.76. The maximum absolute atomic E-state index is 4.48. The van der Waals surface area contributed by atoms with Crippen LogP contribution in [0.3, 0.4) is 0 Å². The molecular formula is C11H15N5S. The van der Waals surface area contributed by atoms with E-state index in [1.54, 1.807) is 0 Å². The van der Waals surface area contributed by atoms with Gasteiger partial charge in [0.05, 0.1) is 0 Å². The fourth-order valence-electron chi connectivity index (χ4n) is 1.32. The van der Waals surface area contributed by atoms with Crippen LogP contribution in [-0.2, 0) is 7.05 Å². The van der Waals surface area contributed by atoms with Crippen LogP contribution in [0.5, 0.6) is 0 Å². The molecule has 0 fully saturated rings. The summed E-state index contributed by atoms with van der Waals surface area (Å²) in [5.41, 5.74) is 0. The number of nitrogens with one attached hydrogen (secondary N) is 1. The van der Waals surface area contributed by atoms with Crippen LogP contribution in [0.1, 0.15) is 12.7 Å². The summed E-state index contributed by atoms with van der Waals surface area (Å²) in [7, 11) is 1.95. The lowest BCUT2D eigenvalue weighted by atomic mass is 10.4. The number of hydrogen-bond donors (Lipinski definition) is 1. The molecule has 0 aliphatic carbocycles. The summed E-state index contributed by atoms with van der Waals surface area (Å²) in [5.74, 6) is 1.78. The van der Waals surface area contributed by atoms with Crippen molar-refractivity contribution >= 4 is 17.6 Å². The zero-order chi connectivity index (χ0) is 12.3. The summed E-state index contributed by atoms with van der Waals surface area (Å²) in [6, 6.07) is 5.90. The quantitative estimate of drug-likeness (QED) is 0.899. The molecule has 0 bridgehead atoms. The third-order valence-electron chi connectivity index (χ3n) is 2.33. The van der Waals surface area contributed by atoms with Crippen LogP contribution >= 0.6 is 11.8 Å². The predicted octanol–water partition coefficient (Wildman–Crippen LogP) is 2.10. The van der Waals surface area contributed by atoms with Gasteiger partial charge in [-0.3, -0.25) is 0 Å². The van der Waals surface area contributed by atoms with Crippen LogP contribution in [0.2, 0.25) is 0 Å². The molecule has 2 aromatic rings.